The zero-order valence-corrected chi connectivity index (χ0v) is 19.3. The number of amides is 1. The number of hydrogen-bond acceptors (Lipinski definition) is 4. The molecule has 0 atom stereocenters. The van der Waals surface area contributed by atoms with Gasteiger partial charge in [-0.25, -0.2) is 4.98 Å². The summed E-state index contributed by atoms with van der Waals surface area (Å²) in [6.07, 6.45) is 4.02. The number of fused-ring (bicyclic) bond motifs is 3. The molecular weight excluding hydrogens is 406 g/mol. The van der Waals surface area contributed by atoms with Gasteiger partial charge in [0.05, 0.1) is 29.9 Å². The Hall–Kier alpha value is -3.16. The van der Waals surface area contributed by atoms with Gasteiger partial charge in [0.25, 0.3) is 0 Å². The maximum Gasteiger partial charge on any atom is 0.309 e. The molecule has 0 aliphatic carbocycles. The molecule has 0 saturated heterocycles. The van der Waals surface area contributed by atoms with Crippen LogP contribution >= 0.6 is 0 Å². The third-order valence-corrected chi connectivity index (χ3v) is 6.56. The van der Waals surface area contributed by atoms with Gasteiger partial charge < -0.3 is 14.6 Å². The number of pyridine rings is 1. The topological polar surface area (TPSA) is 93.3 Å². The molecule has 8 nitrogen and oxygen atoms in total. The molecule has 0 fully saturated rings. The van der Waals surface area contributed by atoms with Crippen LogP contribution in [0.15, 0.2) is 24.4 Å². The van der Waals surface area contributed by atoms with Crippen molar-refractivity contribution in [3.05, 3.63) is 47.0 Å². The van der Waals surface area contributed by atoms with Gasteiger partial charge >= 0.3 is 5.97 Å². The molecule has 0 unspecified atom stereocenters. The predicted molar refractivity (Wildman–Crippen MR) is 121 cm³/mol. The standard InChI is InChI=1S/C24H31N5O3/c1-16-13-17(27(4)26-16)14-29-20-15-28(21(30)8-5-10-24(2,3)23(31)32)12-9-18(20)19-7-6-11-25-22(19)29/h6-7,11,13H,5,8-10,12,14-15H2,1-4H3,(H,31,32). The summed E-state index contributed by atoms with van der Waals surface area (Å²) in [6, 6.07) is 6.15. The summed E-state index contributed by atoms with van der Waals surface area (Å²) in [6.45, 7) is 7.26. The number of nitrogens with zero attached hydrogens (tertiary/aromatic N) is 5. The molecule has 0 saturated carbocycles. The van der Waals surface area contributed by atoms with E-state index in [1.807, 2.05) is 35.8 Å². The SMILES string of the molecule is Cc1cc(Cn2c3c(c4cccnc42)CCN(C(=O)CCCC(C)(C)C(=O)O)C3)n(C)n1. The molecule has 4 heterocycles. The van der Waals surface area contributed by atoms with E-state index >= 15 is 0 Å². The number of aromatic nitrogens is 4. The highest BCUT2D eigenvalue weighted by Gasteiger charge is 2.29. The second kappa shape index (κ2) is 8.41. The van der Waals surface area contributed by atoms with E-state index in [2.05, 4.69) is 26.8 Å². The lowest BCUT2D eigenvalue weighted by molar-refractivity contribution is -0.147. The van der Waals surface area contributed by atoms with Crippen molar-refractivity contribution >= 4 is 22.9 Å². The molecule has 0 spiro atoms. The Kier molecular flexibility index (Phi) is 5.79. The van der Waals surface area contributed by atoms with Crippen LogP contribution in [-0.4, -0.2) is 47.8 Å². The lowest BCUT2D eigenvalue weighted by Gasteiger charge is -2.29. The van der Waals surface area contributed by atoms with Gasteiger partial charge in [-0.15, -0.1) is 0 Å². The van der Waals surface area contributed by atoms with Crippen LogP contribution in [0.3, 0.4) is 0 Å². The van der Waals surface area contributed by atoms with Gasteiger partial charge in [0.15, 0.2) is 0 Å². The van der Waals surface area contributed by atoms with Gasteiger partial charge in [-0.3, -0.25) is 14.3 Å². The number of carboxylic acid groups (broad SMARTS) is 1. The highest BCUT2D eigenvalue weighted by atomic mass is 16.4. The van der Waals surface area contributed by atoms with E-state index in [4.69, 9.17) is 0 Å². The Bertz CT molecular complexity index is 1170. The van der Waals surface area contributed by atoms with Crippen LogP contribution in [-0.2, 0) is 36.1 Å². The van der Waals surface area contributed by atoms with Gasteiger partial charge in [0.2, 0.25) is 5.91 Å². The molecule has 170 valence electrons. The Morgan fingerprint density at radius 3 is 2.75 bits per heavy atom. The molecule has 32 heavy (non-hydrogen) atoms. The van der Waals surface area contributed by atoms with Gasteiger partial charge in [-0.05, 0) is 63.8 Å². The van der Waals surface area contributed by atoms with E-state index in [0.717, 1.165) is 34.5 Å². The molecule has 1 N–H and O–H groups in total. The molecule has 0 bridgehead atoms. The van der Waals surface area contributed by atoms with Crippen LogP contribution in [0.1, 0.15) is 55.8 Å². The average molecular weight is 438 g/mol. The van der Waals surface area contributed by atoms with Crippen LogP contribution in [0.4, 0.5) is 0 Å². The summed E-state index contributed by atoms with van der Waals surface area (Å²) in [5.74, 6) is -0.743. The Morgan fingerprint density at radius 2 is 2.06 bits per heavy atom. The van der Waals surface area contributed by atoms with Gasteiger partial charge in [-0.1, -0.05) is 0 Å². The summed E-state index contributed by atoms with van der Waals surface area (Å²) in [5.41, 5.74) is 4.59. The van der Waals surface area contributed by atoms with Gasteiger partial charge in [-0.2, -0.15) is 5.10 Å². The number of carbonyl (C=O) groups excluding carboxylic acids is 1. The fourth-order valence-electron chi connectivity index (χ4n) is 4.56. The maximum atomic E-state index is 12.9. The fourth-order valence-corrected chi connectivity index (χ4v) is 4.56. The van der Waals surface area contributed by atoms with Crippen LogP contribution in [0, 0.1) is 12.3 Å². The average Bonchev–Trinajstić information content (AvgIpc) is 3.24. The number of aliphatic carboxylic acids is 1. The number of hydrogen-bond donors (Lipinski definition) is 1. The Balaban J connectivity index is 1.56. The van der Waals surface area contributed by atoms with Crippen LogP contribution in [0.2, 0.25) is 0 Å². The van der Waals surface area contributed by atoms with Crippen molar-refractivity contribution in [1.29, 1.82) is 0 Å². The normalized spacial score (nSPS) is 14.1. The molecule has 0 aromatic carbocycles. The molecule has 4 rings (SSSR count). The number of carboxylic acids is 1. The highest BCUT2D eigenvalue weighted by Crippen LogP contribution is 2.31. The number of rotatable bonds is 7. The van der Waals surface area contributed by atoms with Crippen LogP contribution in [0.25, 0.3) is 11.0 Å². The summed E-state index contributed by atoms with van der Waals surface area (Å²) in [5, 5.41) is 14.9. The predicted octanol–water partition coefficient (Wildman–Crippen LogP) is 3.29. The zero-order chi connectivity index (χ0) is 23.0. The monoisotopic (exact) mass is 437 g/mol. The van der Waals surface area contributed by atoms with Gasteiger partial charge in [0, 0.05) is 37.3 Å². The van der Waals surface area contributed by atoms with Crippen molar-refractivity contribution in [2.24, 2.45) is 12.5 Å². The first-order chi connectivity index (χ1) is 15.2. The molecule has 3 aromatic rings. The minimum atomic E-state index is -0.824. The number of aryl methyl sites for hydroxylation is 2. The van der Waals surface area contributed by atoms with Crippen molar-refractivity contribution in [2.45, 2.75) is 59.5 Å². The van der Waals surface area contributed by atoms with Crippen molar-refractivity contribution in [3.8, 4) is 0 Å². The molecule has 1 amide bonds. The summed E-state index contributed by atoms with van der Waals surface area (Å²) < 4.78 is 4.11. The quantitative estimate of drug-likeness (QED) is 0.612. The molecule has 3 aromatic heterocycles. The van der Waals surface area contributed by atoms with Crippen LogP contribution in [0.5, 0.6) is 0 Å². The van der Waals surface area contributed by atoms with E-state index in [-0.39, 0.29) is 5.91 Å². The Labute approximate surface area is 187 Å². The molecule has 1 aliphatic heterocycles. The zero-order valence-electron chi connectivity index (χ0n) is 19.3. The molecular formula is C24H31N5O3. The first-order valence-corrected chi connectivity index (χ1v) is 11.1. The lowest BCUT2D eigenvalue weighted by Crippen LogP contribution is -2.37. The maximum absolute atomic E-state index is 12.9. The molecule has 8 heteroatoms. The van der Waals surface area contributed by atoms with Crippen molar-refractivity contribution in [1.82, 2.24) is 24.2 Å². The van der Waals surface area contributed by atoms with Gasteiger partial charge in [0.1, 0.15) is 5.65 Å². The van der Waals surface area contributed by atoms with Crippen molar-refractivity contribution < 1.29 is 14.7 Å². The van der Waals surface area contributed by atoms with E-state index in [0.29, 0.717) is 38.9 Å². The largest absolute Gasteiger partial charge is 0.481 e. The van der Waals surface area contributed by atoms with Crippen molar-refractivity contribution in [3.63, 3.8) is 0 Å². The summed E-state index contributed by atoms with van der Waals surface area (Å²) in [7, 11) is 1.95. The second-order valence-corrected chi connectivity index (χ2v) is 9.39. The number of carbonyl (C=O) groups is 2. The summed E-state index contributed by atoms with van der Waals surface area (Å²) >= 11 is 0. The minimum Gasteiger partial charge on any atom is -0.481 e. The lowest BCUT2D eigenvalue weighted by atomic mass is 9.87. The second-order valence-electron chi connectivity index (χ2n) is 9.39. The molecule has 1 aliphatic rings. The fraction of sp³-hybridized carbons (Fsp3) is 0.500. The van der Waals surface area contributed by atoms with E-state index in [9.17, 15) is 14.7 Å². The smallest absolute Gasteiger partial charge is 0.309 e. The third kappa shape index (κ3) is 4.13. The van der Waals surface area contributed by atoms with E-state index in [1.165, 1.54) is 5.56 Å². The van der Waals surface area contributed by atoms with E-state index in [1.54, 1.807) is 13.8 Å². The Morgan fingerprint density at radius 1 is 1.28 bits per heavy atom. The highest BCUT2D eigenvalue weighted by molar-refractivity contribution is 5.84. The minimum absolute atomic E-state index is 0.0815. The first-order valence-electron chi connectivity index (χ1n) is 11.1. The first kappa shape index (κ1) is 22.0. The van der Waals surface area contributed by atoms with Crippen molar-refractivity contribution in [2.75, 3.05) is 6.54 Å². The summed E-state index contributed by atoms with van der Waals surface area (Å²) in [4.78, 5) is 30.8. The third-order valence-electron chi connectivity index (χ3n) is 6.56. The molecule has 0 radical (unpaired) electrons. The van der Waals surface area contributed by atoms with Crippen LogP contribution < -0.4 is 0 Å². The van der Waals surface area contributed by atoms with E-state index < -0.39 is 11.4 Å².